The summed E-state index contributed by atoms with van der Waals surface area (Å²) in [5.41, 5.74) is 7.18. The minimum Gasteiger partial charge on any atom is -0.507 e. The smallest absolute Gasteiger partial charge is 0.507 e. The molecule has 3 nitrogen and oxygen atoms in total. The number of hydrogen-bond donors (Lipinski definition) is 1. The van der Waals surface area contributed by atoms with Gasteiger partial charge in [0, 0.05) is 29.3 Å². The average molecular weight is 396 g/mol. The molecule has 0 saturated heterocycles. The Hall–Kier alpha value is -2.63. The molecule has 6 heteroatoms. The molecule has 1 aromatic carbocycles. The number of allylic oxidation sites excluding steroid dienone is 2. The molecule has 0 saturated carbocycles. The summed E-state index contributed by atoms with van der Waals surface area (Å²) in [6.07, 6.45) is 1.37. The van der Waals surface area contributed by atoms with Crippen LogP contribution in [0.4, 0.5) is 8.63 Å². The Bertz CT molecular complexity index is 1150. The van der Waals surface area contributed by atoms with E-state index < -0.39 is 6.97 Å². The van der Waals surface area contributed by atoms with Crippen molar-refractivity contribution in [3.8, 4) is 5.75 Å². The minimum absolute atomic E-state index is 0.103. The number of halogens is 2. The van der Waals surface area contributed by atoms with Crippen molar-refractivity contribution >= 4 is 18.3 Å². The molecular formula is C23H27BF2N2O. The van der Waals surface area contributed by atoms with E-state index in [0.717, 1.165) is 22.3 Å². The van der Waals surface area contributed by atoms with Gasteiger partial charge in [0.25, 0.3) is 0 Å². The summed E-state index contributed by atoms with van der Waals surface area (Å²) in [4.78, 5) is 0. The predicted molar refractivity (Wildman–Crippen MR) is 115 cm³/mol. The van der Waals surface area contributed by atoms with Crippen LogP contribution in [0.2, 0.25) is 0 Å². The molecule has 2 aromatic rings. The lowest BCUT2D eigenvalue weighted by Gasteiger charge is -2.34. The molecule has 0 aliphatic carbocycles. The van der Waals surface area contributed by atoms with Crippen LogP contribution < -0.4 is 0 Å². The number of phenolic OH excluding ortho intramolecular Hbond substituents is 1. The molecule has 2 aliphatic heterocycles. The van der Waals surface area contributed by atoms with Crippen molar-refractivity contribution in [3.63, 3.8) is 0 Å². The first kappa shape index (κ1) is 19.7. The fraction of sp³-hybridized carbons (Fsp3) is 0.348. The zero-order valence-electron chi connectivity index (χ0n) is 17.9. The fourth-order valence-electron chi connectivity index (χ4n) is 5.42. The SMILES string of the molecule is CCC1=C(C)C2=C(c3ccccc3O)c3c(C)c(CC)c(C)n3[B-](F)(F)[N+]2=C1C. The van der Waals surface area contributed by atoms with Gasteiger partial charge in [-0.2, -0.15) is 0 Å². The number of fused-ring (bicyclic) bond motifs is 2. The first-order valence-corrected chi connectivity index (χ1v) is 10.3. The van der Waals surface area contributed by atoms with Gasteiger partial charge in [-0.05, 0) is 56.5 Å². The average Bonchev–Trinajstić information content (AvgIpc) is 3.08. The van der Waals surface area contributed by atoms with Crippen LogP contribution >= 0.6 is 0 Å². The van der Waals surface area contributed by atoms with Crippen LogP contribution in [0, 0.1) is 13.8 Å². The maximum absolute atomic E-state index is 16.1. The second-order valence-corrected chi connectivity index (χ2v) is 8.00. The van der Waals surface area contributed by atoms with Crippen LogP contribution in [0.5, 0.6) is 5.75 Å². The lowest BCUT2D eigenvalue weighted by molar-refractivity contribution is -0.363. The van der Waals surface area contributed by atoms with Crippen molar-refractivity contribution in [2.45, 2.75) is 54.4 Å². The third-order valence-corrected chi connectivity index (χ3v) is 6.67. The Labute approximate surface area is 170 Å². The van der Waals surface area contributed by atoms with Gasteiger partial charge in [0.1, 0.15) is 11.5 Å². The maximum Gasteiger partial charge on any atom is 0.737 e. The summed E-state index contributed by atoms with van der Waals surface area (Å²) < 4.78 is 34.6. The molecule has 0 spiro atoms. The highest BCUT2D eigenvalue weighted by atomic mass is 19.2. The van der Waals surface area contributed by atoms with E-state index in [-0.39, 0.29) is 5.75 Å². The highest BCUT2D eigenvalue weighted by Gasteiger charge is 2.56. The van der Waals surface area contributed by atoms with Gasteiger partial charge in [-0.15, -0.1) is 0 Å². The molecule has 1 N–H and O–H groups in total. The number of para-hydroxylation sites is 1. The molecule has 3 heterocycles. The molecule has 152 valence electrons. The van der Waals surface area contributed by atoms with Crippen molar-refractivity contribution in [1.82, 2.24) is 4.48 Å². The number of aromatic hydroxyl groups is 1. The number of phenols is 1. The summed E-state index contributed by atoms with van der Waals surface area (Å²) in [7, 11) is 0. The van der Waals surface area contributed by atoms with E-state index >= 15 is 8.63 Å². The largest absolute Gasteiger partial charge is 0.737 e. The van der Waals surface area contributed by atoms with Gasteiger partial charge in [-0.25, -0.2) is 0 Å². The normalized spacial score (nSPS) is 17.9. The Morgan fingerprint density at radius 2 is 1.69 bits per heavy atom. The maximum atomic E-state index is 16.1. The fourth-order valence-corrected chi connectivity index (χ4v) is 5.42. The molecule has 29 heavy (non-hydrogen) atoms. The van der Waals surface area contributed by atoms with Gasteiger partial charge in [0.15, 0.2) is 5.70 Å². The highest BCUT2D eigenvalue weighted by molar-refractivity contribution is 6.58. The van der Waals surface area contributed by atoms with E-state index in [9.17, 15) is 5.11 Å². The van der Waals surface area contributed by atoms with E-state index in [4.69, 9.17) is 0 Å². The van der Waals surface area contributed by atoms with E-state index in [0.29, 0.717) is 46.8 Å². The lowest BCUT2D eigenvalue weighted by Crippen LogP contribution is -2.51. The number of hydrogen-bond acceptors (Lipinski definition) is 1. The van der Waals surface area contributed by atoms with Crippen LogP contribution in [0.25, 0.3) is 5.57 Å². The van der Waals surface area contributed by atoms with Gasteiger partial charge in [-0.3, -0.25) is 0 Å². The summed E-state index contributed by atoms with van der Waals surface area (Å²) in [5, 5.41) is 10.7. The van der Waals surface area contributed by atoms with Crippen LogP contribution in [0.15, 0.2) is 41.1 Å². The molecular weight excluding hydrogens is 369 g/mol. The van der Waals surface area contributed by atoms with E-state index in [1.165, 1.54) is 8.96 Å². The topological polar surface area (TPSA) is 28.2 Å². The zero-order chi connectivity index (χ0) is 21.2. The Balaban J connectivity index is 2.26. The lowest BCUT2D eigenvalue weighted by atomic mass is 9.83. The van der Waals surface area contributed by atoms with Gasteiger partial charge in [-0.1, -0.05) is 32.0 Å². The van der Waals surface area contributed by atoms with Crippen LogP contribution in [-0.4, -0.2) is 26.8 Å². The van der Waals surface area contributed by atoms with Crippen molar-refractivity contribution in [1.29, 1.82) is 0 Å². The predicted octanol–water partition coefficient (Wildman–Crippen LogP) is 5.58. The summed E-state index contributed by atoms with van der Waals surface area (Å²) >= 11 is 0. The van der Waals surface area contributed by atoms with Gasteiger partial charge in [0.05, 0.1) is 5.57 Å². The second kappa shape index (κ2) is 6.44. The van der Waals surface area contributed by atoms with Gasteiger partial charge < -0.3 is 22.7 Å². The summed E-state index contributed by atoms with van der Waals surface area (Å²) in [5.74, 6) is 0.103. The van der Waals surface area contributed by atoms with E-state index in [2.05, 4.69) is 0 Å². The van der Waals surface area contributed by atoms with Gasteiger partial charge >= 0.3 is 6.97 Å². The molecule has 4 rings (SSSR count). The quantitative estimate of drug-likeness (QED) is 0.674. The number of aromatic nitrogens is 1. The first-order chi connectivity index (χ1) is 13.7. The molecule has 0 fully saturated rings. The molecule has 0 radical (unpaired) electrons. The Morgan fingerprint density at radius 1 is 1.03 bits per heavy atom. The highest BCUT2D eigenvalue weighted by Crippen LogP contribution is 2.48. The third kappa shape index (κ3) is 2.38. The molecule has 0 atom stereocenters. The molecule has 1 aromatic heterocycles. The van der Waals surface area contributed by atoms with Crippen molar-refractivity contribution < 1.29 is 18.2 Å². The van der Waals surface area contributed by atoms with Crippen molar-refractivity contribution in [3.05, 3.63) is 69.2 Å². The van der Waals surface area contributed by atoms with E-state index in [1.807, 2.05) is 39.8 Å². The van der Waals surface area contributed by atoms with Crippen LogP contribution in [0.1, 0.15) is 62.2 Å². The molecule has 0 bridgehead atoms. The van der Waals surface area contributed by atoms with Crippen molar-refractivity contribution in [2.24, 2.45) is 0 Å². The van der Waals surface area contributed by atoms with Crippen LogP contribution in [-0.2, 0) is 6.42 Å². The molecule has 2 aliphatic rings. The van der Waals surface area contributed by atoms with Crippen LogP contribution in [0.3, 0.4) is 0 Å². The van der Waals surface area contributed by atoms with Gasteiger partial charge in [0.2, 0.25) is 0 Å². The number of nitrogens with zero attached hydrogens (tertiary/aromatic N) is 2. The number of benzene rings is 1. The molecule has 0 amide bonds. The molecule has 0 unspecified atom stereocenters. The standard InChI is InChI=1S/C23H27BF2N2O/c1-7-17-13(3)22-21(19-11-9-10-12-20(19)29)23-14(4)18(8-2)16(6)28(23)24(25,26)27(22)15(17)5/h9-12,29H,7-8H2,1-6H3. The number of rotatable bonds is 3. The minimum atomic E-state index is -4.04. The Kier molecular flexibility index (Phi) is 4.37. The first-order valence-electron chi connectivity index (χ1n) is 10.3. The van der Waals surface area contributed by atoms with E-state index in [1.54, 1.807) is 26.0 Å². The summed E-state index contributed by atoms with van der Waals surface area (Å²) in [6, 6.07) is 7.03. The Morgan fingerprint density at radius 3 is 2.28 bits per heavy atom. The third-order valence-electron chi connectivity index (χ3n) is 6.67. The summed E-state index contributed by atoms with van der Waals surface area (Å²) in [6.45, 7) is 7.37. The zero-order valence-corrected chi connectivity index (χ0v) is 17.9. The monoisotopic (exact) mass is 396 g/mol. The van der Waals surface area contributed by atoms with Crippen molar-refractivity contribution in [2.75, 3.05) is 0 Å². The second-order valence-electron chi connectivity index (χ2n) is 8.00.